The Balaban J connectivity index is 1.92. The van der Waals surface area contributed by atoms with Gasteiger partial charge in [-0.25, -0.2) is 0 Å². The maximum absolute atomic E-state index is 12.8. The molecule has 1 aliphatic heterocycles. The van der Waals surface area contributed by atoms with Gasteiger partial charge in [-0.05, 0) is 32.0 Å². The number of amides is 1. The Hall–Kier alpha value is -2.21. The molecular weight excluding hydrogens is 268 g/mol. The monoisotopic (exact) mass is 286 g/mol. The highest BCUT2D eigenvalue weighted by Crippen LogP contribution is 2.23. The van der Waals surface area contributed by atoms with Crippen LogP contribution in [0.25, 0.3) is 11.5 Å². The van der Waals surface area contributed by atoms with E-state index in [-0.39, 0.29) is 5.91 Å². The van der Waals surface area contributed by atoms with Crippen LogP contribution >= 0.6 is 0 Å². The SMILES string of the molecule is Cc1noc(-c2ccccc2C(=O)N2CCCNCC2)n1. The first kappa shape index (κ1) is 13.8. The van der Waals surface area contributed by atoms with Gasteiger partial charge in [0.15, 0.2) is 5.82 Å². The molecular formula is C15H18N4O2. The van der Waals surface area contributed by atoms with Gasteiger partial charge in [0.25, 0.3) is 11.8 Å². The average Bonchev–Trinajstić information content (AvgIpc) is 2.77. The van der Waals surface area contributed by atoms with Gasteiger partial charge in [-0.15, -0.1) is 0 Å². The molecule has 1 aromatic heterocycles. The molecule has 0 atom stereocenters. The second kappa shape index (κ2) is 6.05. The molecule has 3 rings (SSSR count). The number of hydrogen-bond acceptors (Lipinski definition) is 5. The molecule has 1 amide bonds. The zero-order valence-electron chi connectivity index (χ0n) is 12.0. The largest absolute Gasteiger partial charge is 0.337 e. The van der Waals surface area contributed by atoms with E-state index in [2.05, 4.69) is 15.5 Å². The summed E-state index contributed by atoms with van der Waals surface area (Å²) in [4.78, 5) is 18.9. The van der Waals surface area contributed by atoms with Gasteiger partial charge in [0, 0.05) is 19.6 Å². The molecule has 1 N–H and O–H groups in total. The summed E-state index contributed by atoms with van der Waals surface area (Å²) in [6, 6.07) is 7.39. The maximum atomic E-state index is 12.8. The molecule has 0 unspecified atom stereocenters. The fourth-order valence-corrected chi connectivity index (χ4v) is 2.48. The maximum Gasteiger partial charge on any atom is 0.258 e. The first-order valence-electron chi connectivity index (χ1n) is 7.15. The van der Waals surface area contributed by atoms with Crippen LogP contribution in [0.3, 0.4) is 0 Å². The van der Waals surface area contributed by atoms with Crippen LogP contribution in [0.4, 0.5) is 0 Å². The number of hydrogen-bond donors (Lipinski definition) is 1. The highest BCUT2D eigenvalue weighted by Gasteiger charge is 2.22. The summed E-state index contributed by atoms with van der Waals surface area (Å²) in [5.41, 5.74) is 1.31. The van der Waals surface area contributed by atoms with Crippen molar-refractivity contribution in [2.75, 3.05) is 26.2 Å². The Morgan fingerprint density at radius 1 is 1.29 bits per heavy atom. The van der Waals surface area contributed by atoms with E-state index in [1.807, 2.05) is 29.2 Å². The Kier molecular flexibility index (Phi) is 3.96. The zero-order valence-corrected chi connectivity index (χ0v) is 12.0. The van der Waals surface area contributed by atoms with E-state index in [1.165, 1.54) is 0 Å². The molecule has 110 valence electrons. The fourth-order valence-electron chi connectivity index (χ4n) is 2.48. The Labute approximate surface area is 123 Å². The molecule has 21 heavy (non-hydrogen) atoms. The van der Waals surface area contributed by atoms with Crippen molar-refractivity contribution in [2.24, 2.45) is 0 Å². The predicted molar refractivity (Wildman–Crippen MR) is 77.9 cm³/mol. The molecule has 0 saturated carbocycles. The van der Waals surface area contributed by atoms with Gasteiger partial charge in [0.05, 0.1) is 11.1 Å². The molecule has 6 heteroatoms. The zero-order chi connectivity index (χ0) is 14.7. The molecule has 0 bridgehead atoms. The topological polar surface area (TPSA) is 71.3 Å². The van der Waals surface area contributed by atoms with E-state index >= 15 is 0 Å². The summed E-state index contributed by atoms with van der Waals surface area (Å²) >= 11 is 0. The van der Waals surface area contributed by atoms with Crippen LogP contribution in [0, 0.1) is 6.92 Å². The lowest BCUT2D eigenvalue weighted by atomic mass is 10.1. The predicted octanol–water partition coefficient (Wildman–Crippen LogP) is 1.48. The summed E-state index contributed by atoms with van der Waals surface area (Å²) in [5, 5.41) is 7.10. The van der Waals surface area contributed by atoms with Crippen molar-refractivity contribution in [1.29, 1.82) is 0 Å². The van der Waals surface area contributed by atoms with E-state index in [4.69, 9.17) is 4.52 Å². The molecule has 6 nitrogen and oxygen atoms in total. The highest BCUT2D eigenvalue weighted by atomic mass is 16.5. The Morgan fingerprint density at radius 3 is 2.95 bits per heavy atom. The van der Waals surface area contributed by atoms with E-state index < -0.39 is 0 Å². The molecule has 0 aliphatic carbocycles. The van der Waals surface area contributed by atoms with Crippen LogP contribution in [0.1, 0.15) is 22.6 Å². The Bertz CT molecular complexity index is 630. The number of nitrogens with zero attached hydrogens (tertiary/aromatic N) is 3. The van der Waals surface area contributed by atoms with Crippen molar-refractivity contribution in [2.45, 2.75) is 13.3 Å². The van der Waals surface area contributed by atoms with Crippen LogP contribution < -0.4 is 5.32 Å². The van der Waals surface area contributed by atoms with Crippen LogP contribution in [0.5, 0.6) is 0 Å². The molecule has 0 spiro atoms. The molecule has 2 aromatic rings. The minimum absolute atomic E-state index is 0.0187. The lowest BCUT2D eigenvalue weighted by Gasteiger charge is -2.20. The van der Waals surface area contributed by atoms with Crippen molar-refractivity contribution in [3.8, 4) is 11.5 Å². The third-order valence-corrected chi connectivity index (χ3v) is 3.54. The standard InChI is InChI=1S/C15H18N4O2/c1-11-17-14(21-18-11)12-5-2-3-6-13(12)15(20)19-9-4-7-16-8-10-19/h2-3,5-6,16H,4,7-10H2,1H3. The molecule has 1 saturated heterocycles. The second-order valence-corrected chi connectivity index (χ2v) is 5.09. The molecule has 0 radical (unpaired) electrons. The second-order valence-electron chi connectivity index (χ2n) is 5.09. The van der Waals surface area contributed by atoms with Gasteiger partial charge in [-0.3, -0.25) is 4.79 Å². The van der Waals surface area contributed by atoms with E-state index in [0.29, 0.717) is 22.8 Å². The summed E-state index contributed by atoms with van der Waals surface area (Å²) < 4.78 is 5.21. The summed E-state index contributed by atoms with van der Waals surface area (Å²) in [6.45, 7) is 5.03. The van der Waals surface area contributed by atoms with Crippen LogP contribution in [-0.2, 0) is 0 Å². The average molecular weight is 286 g/mol. The number of aryl methyl sites for hydroxylation is 1. The van der Waals surface area contributed by atoms with Gasteiger partial charge in [-0.1, -0.05) is 17.3 Å². The first-order chi connectivity index (χ1) is 10.3. The summed E-state index contributed by atoms with van der Waals surface area (Å²) in [5.74, 6) is 0.973. The lowest BCUT2D eigenvalue weighted by Crippen LogP contribution is -2.34. The highest BCUT2D eigenvalue weighted by molar-refractivity contribution is 6.00. The molecule has 1 fully saturated rings. The van der Waals surface area contributed by atoms with E-state index in [0.717, 1.165) is 32.6 Å². The third kappa shape index (κ3) is 2.95. The quantitative estimate of drug-likeness (QED) is 0.905. The van der Waals surface area contributed by atoms with Crippen LogP contribution in [-0.4, -0.2) is 47.1 Å². The van der Waals surface area contributed by atoms with Crippen molar-refractivity contribution in [3.63, 3.8) is 0 Å². The molecule has 1 aromatic carbocycles. The van der Waals surface area contributed by atoms with Gasteiger partial charge in [-0.2, -0.15) is 4.98 Å². The van der Waals surface area contributed by atoms with Crippen molar-refractivity contribution < 1.29 is 9.32 Å². The minimum Gasteiger partial charge on any atom is -0.337 e. The number of rotatable bonds is 2. The van der Waals surface area contributed by atoms with Gasteiger partial charge >= 0.3 is 0 Å². The third-order valence-electron chi connectivity index (χ3n) is 3.54. The smallest absolute Gasteiger partial charge is 0.258 e. The minimum atomic E-state index is 0.0187. The van der Waals surface area contributed by atoms with E-state index in [9.17, 15) is 4.79 Å². The lowest BCUT2D eigenvalue weighted by molar-refractivity contribution is 0.0767. The van der Waals surface area contributed by atoms with Crippen LogP contribution in [0.2, 0.25) is 0 Å². The van der Waals surface area contributed by atoms with Gasteiger partial charge in [0.2, 0.25) is 0 Å². The molecule has 2 heterocycles. The Morgan fingerprint density at radius 2 is 2.14 bits per heavy atom. The van der Waals surface area contributed by atoms with Crippen LogP contribution in [0.15, 0.2) is 28.8 Å². The van der Waals surface area contributed by atoms with Gasteiger partial charge in [0.1, 0.15) is 0 Å². The van der Waals surface area contributed by atoms with Crippen molar-refractivity contribution in [3.05, 3.63) is 35.7 Å². The number of aromatic nitrogens is 2. The number of carbonyl (C=O) groups is 1. The molecule has 1 aliphatic rings. The first-order valence-corrected chi connectivity index (χ1v) is 7.15. The van der Waals surface area contributed by atoms with Crippen molar-refractivity contribution in [1.82, 2.24) is 20.4 Å². The summed E-state index contributed by atoms with van der Waals surface area (Å²) in [6.07, 6.45) is 0.966. The number of nitrogens with one attached hydrogen (secondary N) is 1. The number of benzene rings is 1. The fraction of sp³-hybridized carbons (Fsp3) is 0.400. The summed E-state index contributed by atoms with van der Waals surface area (Å²) in [7, 11) is 0. The normalized spacial score (nSPS) is 15.8. The van der Waals surface area contributed by atoms with E-state index in [1.54, 1.807) is 6.92 Å². The van der Waals surface area contributed by atoms with Crippen molar-refractivity contribution >= 4 is 5.91 Å². The van der Waals surface area contributed by atoms with Gasteiger partial charge < -0.3 is 14.7 Å². The number of carbonyl (C=O) groups excluding carboxylic acids is 1.